The van der Waals surface area contributed by atoms with E-state index in [-0.39, 0.29) is 0 Å². The standard InChI is InChI=1S/C22H36N2O5/c25-22-20-2-1-3-21(22)5-7-24-10-14-28-18-16-26-12-8-23(6-4-20)9-13-27-17-19-29-15-11-24/h1-3,25H,4-19H2. The number of benzene rings is 1. The van der Waals surface area contributed by atoms with Gasteiger partial charge in [0, 0.05) is 39.3 Å². The van der Waals surface area contributed by atoms with Crippen LogP contribution in [-0.2, 0) is 31.8 Å². The fourth-order valence-corrected chi connectivity index (χ4v) is 3.69. The average molecular weight is 409 g/mol. The number of aromatic hydroxyl groups is 1. The summed E-state index contributed by atoms with van der Waals surface area (Å²) in [4.78, 5) is 4.68. The molecule has 1 aromatic carbocycles. The lowest BCUT2D eigenvalue weighted by molar-refractivity contribution is 0.00842. The number of rotatable bonds is 0. The van der Waals surface area contributed by atoms with Crippen molar-refractivity contribution in [3.63, 3.8) is 0 Å². The molecule has 0 aliphatic carbocycles. The first-order chi connectivity index (χ1) is 14.3. The summed E-state index contributed by atoms with van der Waals surface area (Å²) in [5, 5.41) is 10.8. The largest absolute Gasteiger partial charge is 0.507 e. The molecule has 164 valence electrons. The molecule has 7 nitrogen and oxygen atoms in total. The first kappa shape index (κ1) is 22.5. The lowest BCUT2D eigenvalue weighted by Crippen LogP contribution is -2.34. The fraction of sp³-hybridized carbons (Fsp3) is 0.727. The number of hydrogen-bond acceptors (Lipinski definition) is 7. The van der Waals surface area contributed by atoms with Crippen LogP contribution in [0.25, 0.3) is 0 Å². The molecule has 0 saturated carbocycles. The molecule has 0 spiro atoms. The molecule has 0 radical (unpaired) electrons. The average Bonchev–Trinajstić information content (AvgIpc) is 2.73. The highest BCUT2D eigenvalue weighted by molar-refractivity contribution is 5.40. The monoisotopic (exact) mass is 408 g/mol. The summed E-state index contributed by atoms with van der Waals surface area (Å²) in [7, 11) is 0. The molecular weight excluding hydrogens is 372 g/mol. The Balaban J connectivity index is 1.75. The topological polar surface area (TPSA) is 63.6 Å². The van der Waals surface area contributed by atoms with E-state index in [9.17, 15) is 5.11 Å². The van der Waals surface area contributed by atoms with Crippen LogP contribution in [0.5, 0.6) is 5.75 Å². The van der Waals surface area contributed by atoms with E-state index in [1.165, 1.54) is 0 Å². The second kappa shape index (κ2) is 13.2. The van der Waals surface area contributed by atoms with Crippen LogP contribution in [0, 0.1) is 0 Å². The quantitative estimate of drug-likeness (QED) is 0.691. The molecule has 2 heterocycles. The van der Waals surface area contributed by atoms with Gasteiger partial charge in [0.25, 0.3) is 0 Å². The number of phenols is 1. The molecule has 3 rings (SSSR count). The van der Waals surface area contributed by atoms with E-state index in [1.807, 2.05) is 12.1 Å². The Morgan fingerprint density at radius 1 is 0.552 bits per heavy atom. The van der Waals surface area contributed by atoms with E-state index in [0.717, 1.165) is 63.2 Å². The maximum absolute atomic E-state index is 10.8. The van der Waals surface area contributed by atoms with Gasteiger partial charge in [0.2, 0.25) is 0 Å². The van der Waals surface area contributed by atoms with Gasteiger partial charge in [-0.15, -0.1) is 0 Å². The highest BCUT2D eigenvalue weighted by Gasteiger charge is 2.13. The Kier molecular flexibility index (Phi) is 10.2. The summed E-state index contributed by atoms with van der Waals surface area (Å²) in [6.45, 7) is 10.3. The molecular formula is C22H36N2O5. The van der Waals surface area contributed by atoms with Crippen LogP contribution >= 0.6 is 0 Å². The third kappa shape index (κ3) is 8.20. The number of fused-ring (bicyclic) bond motifs is 4. The number of nitrogens with zero attached hydrogens (tertiary/aromatic N) is 2. The second-order valence-corrected chi connectivity index (χ2v) is 7.56. The predicted molar refractivity (Wildman–Crippen MR) is 112 cm³/mol. The maximum Gasteiger partial charge on any atom is 0.122 e. The van der Waals surface area contributed by atoms with Gasteiger partial charge in [-0.1, -0.05) is 18.2 Å². The third-order valence-corrected chi connectivity index (χ3v) is 5.55. The first-order valence-electron chi connectivity index (χ1n) is 10.9. The summed E-state index contributed by atoms with van der Waals surface area (Å²) in [6.07, 6.45) is 1.63. The number of phenolic OH excluding ortho intramolecular Hbond substituents is 1. The number of para-hydroxylation sites is 1. The molecule has 0 saturated heterocycles. The Morgan fingerprint density at radius 2 is 0.931 bits per heavy atom. The van der Waals surface area contributed by atoms with Crippen molar-refractivity contribution >= 4 is 0 Å². The van der Waals surface area contributed by atoms with Crippen molar-refractivity contribution in [1.82, 2.24) is 9.80 Å². The van der Waals surface area contributed by atoms with Crippen LogP contribution in [-0.4, -0.2) is 107 Å². The molecule has 0 aromatic heterocycles. The van der Waals surface area contributed by atoms with Crippen molar-refractivity contribution in [3.05, 3.63) is 29.3 Å². The van der Waals surface area contributed by atoms with E-state index in [0.29, 0.717) is 58.6 Å². The SMILES string of the molecule is Oc1c2cccc1CCN1CCOCCOCCN(CCOCCOCC1)CC2. The maximum atomic E-state index is 10.8. The van der Waals surface area contributed by atoms with E-state index in [1.54, 1.807) is 0 Å². The molecule has 7 heteroatoms. The van der Waals surface area contributed by atoms with Gasteiger partial charge in [-0.2, -0.15) is 0 Å². The van der Waals surface area contributed by atoms with Crippen molar-refractivity contribution < 1.29 is 24.1 Å². The fourth-order valence-electron chi connectivity index (χ4n) is 3.69. The minimum Gasteiger partial charge on any atom is -0.507 e. The van der Waals surface area contributed by atoms with Crippen LogP contribution < -0.4 is 0 Å². The Bertz CT molecular complexity index is 520. The van der Waals surface area contributed by atoms with Gasteiger partial charge < -0.3 is 24.1 Å². The molecule has 2 aliphatic rings. The minimum atomic E-state index is 0.445. The summed E-state index contributed by atoms with van der Waals surface area (Å²) in [6, 6.07) is 6.12. The number of hydrogen-bond donors (Lipinski definition) is 1. The van der Waals surface area contributed by atoms with Gasteiger partial charge in [-0.25, -0.2) is 0 Å². The van der Waals surface area contributed by atoms with E-state index in [2.05, 4.69) is 15.9 Å². The van der Waals surface area contributed by atoms with E-state index in [4.69, 9.17) is 18.9 Å². The van der Waals surface area contributed by atoms with Crippen molar-refractivity contribution in [2.75, 3.05) is 92.1 Å². The highest BCUT2D eigenvalue weighted by atomic mass is 16.5. The Labute approximate surface area is 174 Å². The van der Waals surface area contributed by atoms with Gasteiger partial charge in [0.1, 0.15) is 5.75 Å². The van der Waals surface area contributed by atoms with E-state index >= 15 is 0 Å². The van der Waals surface area contributed by atoms with Crippen molar-refractivity contribution in [2.45, 2.75) is 12.8 Å². The van der Waals surface area contributed by atoms with Crippen LogP contribution in [0.3, 0.4) is 0 Å². The van der Waals surface area contributed by atoms with Crippen LogP contribution in [0.2, 0.25) is 0 Å². The van der Waals surface area contributed by atoms with Gasteiger partial charge in [-0.3, -0.25) is 9.80 Å². The Morgan fingerprint density at radius 3 is 1.31 bits per heavy atom. The summed E-state index contributed by atoms with van der Waals surface area (Å²) in [5.41, 5.74) is 2.03. The molecule has 4 bridgehead atoms. The van der Waals surface area contributed by atoms with Crippen molar-refractivity contribution in [3.8, 4) is 5.75 Å². The predicted octanol–water partition coefficient (Wildman–Crippen LogP) is 1.17. The summed E-state index contributed by atoms with van der Waals surface area (Å²) >= 11 is 0. The number of ether oxygens (including phenoxy) is 4. The Hall–Kier alpha value is -1.22. The second-order valence-electron chi connectivity index (χ2n) is 7.56. The molecule has 0 atom stereocenters. The van der Waals surface area contributed by atoms with Gasteiger partial charge >= 0.3 is 0 Å². The summed E-state index contributed by atoms with van der Waals surface area (Å²) in [5.74, 6) is 0.445. The van der Waals surface area contributed by atoms with Crippen LogP contribution in [0.1, 0.15) is 11.1 Å². The van der Waals surface area contributed by atoms with Gasteiger partial charge in [0.15, 0.2) is 0 Å². The highest BCUT2D eigenvalue weighted by Crippen LogP contribution is 2.24. The summed E-state index contributed by atoms with van der Waals surface area (Å²) < 4.78 is 23.0. The lowest BCUT2D eigenvalue weighted by atomic mass is 10.0. The molecule has 0 unspecified atom stereocenters. The van der Waals surface area contributed by atoms with Crippen molar-refractivity contribution in [2.24, 2.45) is 0 Å². The zero-order valence-electron chi connectivity index (χ0n) is 17.5. The van der Waals surface area contributed by atoms with Crippen LogP contribution in [0.15, 0.2) is 18.2 Å². The normalized spacial score (nSPS) is 26.8. The molecule has 2 aliphatic heterocycles. The lowest BCUT2D eigenvalue weighted by Gasteiger charge is -2.23. The zero-order valence-corrected chi connectivity index (χ0v) is 17.5. The molecule has 29 heavy (non-hydrogen) atoms. The van der Waals surface area contributed by atoms with Crippen molar-refractivity contribution in [1.29, 1.82) is 0 Å². The molecule has 0 amide bonds. The molecule has 0 fully saturated rings. The smallest absolute Gasteiger partial charge is 0.122 e. The van der Waals surface area contributed by atoms with Gasteiger partial charge in [-0.05, 0) is 24.0 Å². The van der Waals surface area contributed by atoms with E-state index < -0.39 is 0 Å². The first-order valence-corrected chi connectivity index (χ1v) is 10.9. The van der Waals surface area contributed by atoms with Gasteiger partial charge in [0.05, 0.1) is 52.9 Å². The minimum absolute atomic E-state index is 0.445. The molecule has 1 aromatic rings. The van der Waals surface area contributed by atoms with Crippen LogP contribution in [0.4, 0.5) is 0 Å². The molecule has 1 N–H and O–H groups in total. The zero-order chi connectivity index (χ0) is 20.2. The third-order valence-electron chi connectivity index (χ3n) is 5.55.